The Kier molecular flexibility index (Phi) is 3.03. The van der Waals surface area contributed by atoms with Crippen molar-refractivity contribution in [2.75, 3.05) is 6.61 Å². The van der Waals surface area contributed by atoms with Gasteiger partial charge in [-0.15, -0.1) is 0 Å². The van der Waals surface area contributed by atoms with E-state index in [-0.39, 0.29) is 12.5 Å². The van der Waals surface area contributed by atoms with E-state index >= 15 is 0 Å². The summed E-state index contributed by atoms with van der Waals surface area (Å²) in [7, 11) is 0. The van der Waals surface area contributed by atoms with Crippen molar-refractivity contribution in [3.05, 3.63) is 0 Å². The maximum absolute atomic E-state index is 9.32. The Morgan fingerprint density at radius 1 is 1.17 bits per heavy atom. The second kappa shape index (κ2) is 3.68. The summed E-state index contributed by atoms with van der Waals surface area (Å²) in [5.74, 6) is -0.381. The van der Waals surface area contributed by atoms with Crippen molar-refractivity contribution in [3.63, 3.8) is 0 Å². The predicted octanol–water partition coefficient (Wildman–Crippen LogP) is -1.95. The molecule has 5 nitrogen and oxygen atoms in total. The Bertz CT molecular complexity index is 146. The second-order valence-corrected chi connectivity index (χ2v) is 3.09. The SMILES string of the molecule is C[C@@H]1C(CO)O[C@@H](O)C(O)[C@H]1O. The molecule has 0 spiro atoms. The lowest BCUT2D eigenvalue weighted by Gasteiger charge is -2.38. The minimum Gasteiger partial charge on any atom is -0.394 e. The van der Waals surface area contributed by atoms with Gasteiger partial charge >= 0.3 is 0 Å². The molecule has 1 aliphatic heterocycles. The van der Waals surface area contributed by atoms with Crippen molar-refractivity contribution >= 4 is 0 Å². The van der Waals surface area contributed by atoms with Gasteiger partial charge in [0.15, 0.2) is 6.29 Å². The number of hydrogen-bond donors (Lipinski definition) is 4. The van der Waals surface area contributed by atoms with Crippen LogP contribution in [0.1, 0.15) is 6.92 Å². The number of aliphatic hydroxyl groups is 4. The normalized spacial score (nSPS) is 49.2. The van der Waals surface area contributed by atoms with Crippen LogP contribution in [-0.2, 0) is 4.74 Å². The summed E-state index contributed by atoms with van der Waals surface area (Å²) in [4.78, 5) is 0. The Morgan fingerprint density at radius 2 is 1.75 bits per heavy atom. The van der Waals surface area contributed by atoms with Crippen LogP contribution >= 0.6 is 0 Å². The van der Waals surface area contributed by atoms with Crippen LogP contribution in [0.3, 0.4) is 0 Å². The van der Waals surface area contributed by atoms with E-state index in [1.807, 2.05) is 0 Å². The molecular weight excluding hydrogens is 164 g/mol. The summed E-state index contributed by atoms with van der Waals surface area (Å²) in [5.41, 5.74) is 0. The van der Waals surface area contributed by atoms with E-state index in [0.29, 0.717) is 0 Å². The smallest absolute Gasteiger partial charge is 0.183 e. The van der Waals surface area contributed by atoms with Crippen molar-refractivity contribution < 1.29 is 25.2 Å². The number of ether oxygens (including phenoxy) is 1. The fourth-order valence-corrected chi connectivity index (χ4v) is 1.29. The molecular formula is C7H14O5. The first kappa shape index (κ1) is 9.88. The molecule has 1 aliphatic rings. The lowest BCUT2D eigenvalue weighted by atomic mass is 9.91. The van der Waals surface area contributed by atoms with E-state index in [9.17, 15) is 5.11 Å². The average Bonchev–Trinajstić information content (AvgIpc) is 2.08. The zero-order chi connectivity index (χ0) is 9.30. The van der Waals surface area contributed by atoms with Crippen LogP contribution in [-0.4, -0.2) is 51.6 Å². The fourth-order valence-electron chi connectivity index (χ4n) is 1.29. The summed E-state index contributed by atoms with van der Waals surface area (Å²) in [6, 6.07) is 0. The van der Waals surface area contributed by atoms with Crippen molar-refractivity contribution in [3.8, 4) is 0 Å². The summed E-state index contributed by atoms with van der Waals surface area (Å²) >= 11 is 0. The zero-order valence-electron chi connectivity index (χ0n) is 6.79. The lowest BCUT2D eigenvalue weighted by molar-refractivity contribution is -0.271. The minimum atomic E-state index is -1.41. The van der Waals surface area contributed by atoms with E-state index in [0.717, 1.165) is 0 Å². The summed E-state index contributed by atoms with van der Waals surface area (Å²) in [6.07, 6.45) is -4.36. The molecule has 0 radical (unpaired) electrons. The van der Waals surface area contributed by atoms with Crippen LogP contribution in [0, 0.1) is 5.92 Å². The van der Waals surface area contributed by atoms with Crippen LogP contribution in [0.25, 0.3) is 0 Å². The van der Waals surface area contributed by atoms with Crippen molar-refractivity contribution in [2.45, 2.75) is 31.5 Å². The van der Waals surface area contributed by atoms with E-state index in [4.69, 9.17) is 20.1 Å². The molecule has 0 bridgehead atoms. The average molecular weight is 178 g/mol. The van der Waals surface area contributed by atoms with Gasteiger partial charge < -0.3 is 25.2 Å². The summed E-state index contributed by atoms with van der Waals surface area (Å²) in [5, 5.41) is 36.2. The van der Waals surface area contributed by atoms with Crippen molar-refractivity contribution in [1.29, 1.82) is 0 Å². The Morgan fingerprint density at radius 3 is 2.25 bits per heavy atom. The highest BCUT2D eigenvalue weighted by Gasteiger charge is 2.40. The Balaban J connectivity index is 2.63. The highest BCUT2D eigenvalue weighted by atomic mass is 16.6. The molecule has 0 aromatic heterocycles. The van der Waals surface area contributed by atoms with E-state index in [1.54, 1.807) is 6.92 Å². The Hall–Kier alpha value is -0.200. The molecule has 0 aromatic carbocycles. The molecule has 5 heteroatoms. The molecule has 1 heterocycles. The highest BCUT2D eigenvalue weighted by molar-refractivity contribution is 4.85. The van der Waals surface area contributed by atoms with Gasteiger partial charge in [-0.2, -0.15) is 0 Å². The summed E-state index contributed by atoms with van der Waals surface area (Å²) in [6.45, 7) is 1.36. The van der Waals surface area contributed by atoms with E-state index in [1.165, 1.54) is 0 Å². The Labute approximate surface area is 70.2 Å². The van der Waals surface area contributed by atoms with Gasteiger partial charge in [0.05, 0.1) is 18.8 Å². The van der Waals surface area contributed by atoms with Crippen LogP contribution in [0.5, 0.6) is 0 Å². The van der Waals surface area contributed by atoms with Gasteiger partial charge in [0, 0.05) is 5.92 Å². The maximum atomic E-state index is 9.32. The fraction of sp³-hybridized carbons (Fsp3) is 1.00. The molecule has 0 aliphatic carbocycles. The van der Waals surface area contributed by atoms with Gasteiger partial charge in [0.25, 0.3) is 0 Å². The van der Waals surface area contributed by atoms with E-state index in [2.05, 4.69) is 0 Å². The van der Waals surface area contributed by atoms with Crippen molar-refractivity contribution in [2.24, 2.45) is 5.92 Å². The van der Waals surface area contributed by atoms with Crippen molar-refractivity contribution in [1.82, 2.24) is 0 Å². The third-order valence-electron chi connectivity index (χ3n) is 2.26. The van der Waals surface area contributed by atoms with Crippen LogP contribution in [0.2, 0.25) is 0 Å². The van der Waals surface area contributed by atoms with Gasteiger partial charge in [-0.05, 0) is 0 Å². The van der Waals surface area contributed by atoms with Crippen LogP contribution in [0.15, 0.2) is 0 Å². The number of hydrogen-bond acceptors (Lipinski definition) is 5. The van der Waals surface area contributed by atoms with E-state index < -0.39 is 24.6 Å². The predicted molar refractivity (Wildman–Crippen MR) is 39.1 cm³/mol. The third kappa shape index (κ3) is 1.60. The van der Waals surface area contributed by atoms with Gasteiger partial charge in [-0.1, -0.05) is 6.92 Å². The molecule has 1 fully saturated rings. The molecule has 4 N–H and O–H groups in total. The van der Waals surface area contributed by atoms with Crippen LogP contribution in [0.4, 0.5) is 0 Å². The minimum absolute atomic E-state index is 0.276. The number of rotatable bonds is 1. The molecule has 2 unspecified atom stereocenters. The molecule has 72 valence electrons. The molecule has 1 rings (SSSR count). The van der Waals surface area contributed by atoms with Gasteiger partial charge in [0.2, 0.25) is 0 Å². The molecule has 1 saturated heterocycles. The maximum Gasteiger partial charge on any atom is 0.183 e. The van der Waals surface area contributed by atoms with Gasteiger partial charge in [-0.3, -0.25) is 0 Å². The second-order valence-electron chi connectivity index (χ2n) is 3.09. The topological polar surface area (TPSA) is 90.2 Å². The molecule has 12 heavy (non-hydrogen) atoms. The zero-order valence-corrected chi connectivity index (χ0v) is 6.79. The summed E-state index contributed by atoms with van der Waals surface area (Å²) < 4.78 is 4.83. The first-order chi connectivity index (χ1) is 5.57. The molecule has 0 aromatic rings. The molecule has 0 amide bonds. The van der Waals surface area contributed by atoms with Gasteiger partial charge in [0.1, 0.15) is 6.10 Å². The lowest BCUT2D eigenvalue weighted by Crippen LogP contribution is -2.54. The molecule has 5 atom stereocenters. The van der Waals surface area contributed by atoms with Crippen LogP contribution < -0.4 is 0 Å². The monoisotopic (exact) mass is 178 g/mol. The quantitative estimate of drug-likeness (QED) is 0.375. The third-order valence-corrected chi connectivity index (χ3v) is 2.26. The van der Waals surface area contributed by atoms with Gasteiger partial charge in [-0.25, -0.2) is 0 Å². The largest absolute Gasteiger partial charge is 0.394 e. The highest BCUT2D eigenvalue weighted by Crippen LogP contribution is 2.24. The standard InChI is InChI=1S/C7H14O5/c1-3-4(2-8)12-7(11)6(10)5(3)9/h3-11H,2H2,1H3/t3-,4?,5+,6?,7-/m1/s1. The molecule has 0 saturated carbocycles. The first-order valence-corrected chi connectivity index (χ1v) is 3.88. The first-order valence-electron chi connectivity index (χ1n) is 3.88. The number of aliphatic hydroxyl groups excluding tert-OH is 4.